The summed E-state index contributed by atoms with van der Waals surface area (Å²) in [4.78, 5) is 19.0. The van der Waals surface area contributed by atoms with Gasteiger partial charge in [-0.2, -0.15) is 4.98 Å². The first-order chi connectivity index (χ1) is 13.1. The standard InChI is InChI=1S/C20H22N4O3/c1-23-10-3-4-17(23)20(25)24-11-9-14(13-24)12-18-21-19(27-22-18)15-5-7-16(26-2)8-6-15/h3-8,10,14H,9,11-13H2,1-2H3. The molecule has 0 radical (unpaired) electrons. The molecule has 1 aliphatic rings. The van der Waals surface area contributed by atoms with Crippen LogP contribution in [0, 0.1) is 5.92 Å². The quantitative estimate of drug-likeness (QED) is 0.694. The van der Waals surface area contributed by atoms with Crippen molar-refractivity contribution in [3.63, 3.8) is 0 Å². The molecule has 1 unspecified atom stereocenters. The zero-order valence-electron chi connectivity index (χ0n) is 15.5. The van der Waals surface area contributed by atoms with Gasteiger partial charge in [-0.1, -0.05) is 5.16 Å². The number of nitrogens with zero attached hydrogens (tertiary/aromatic N) is 4. The first-order valence-corrected chi connectivity index (χ1v) is 9.01. The Kier molecular flexibility index (Phi) is 4.66. The van der Waals surface area contributed by atoms with E-state index in [1.807, 2.05) is 59.1 Å². The number of benzene rings is 1. The molecule has 0 saturated carbocycles. The van der Waals surface area contributed by atoms with E-state index in [0.29, 0.717) is 24.1 Å². The lowest BCUT2D eigenvalue weighted by molar-refractivity contribution is 0.0777. The summed E-state index contributed by atoms with van der Waals surface area (Å²) in [5, 5.41) is 4.11. The predicted octanol–water partition coefficient (Wildman–Crippen LogP) is 2.79. The van der Waals surface area contributed by atoms with Gasteiger partial charge in [0, 0.05) is 38.3 Å². The van der Waals surface area contributed by atoms with Crippen molar-refractivity contribution in [1.82, 2.24) is 19.6 Å². The molecule has 1 aliphatic heterocycles. The maximum absolute atomic E-state index is 12.6. The molecule has 7 nitrogen and oxygen atoms in total. The number of rotatable bonds is 5. The lowest BCUT2D eigenvalue weighted by atomic mass is 10.1. The van der Waals surface area contributed by atoms with E-state index in [4.69, 9.17) is 9.26 Å². The molecule has 3 aromatic rings. The highest BCUT2D eigenvalue weighted by Gasteiger charge is 2.29. The number of carbonyl (C=O) groups is 1. The molecule has 140 valence electrons. The number of carbonyl (C=O) groups excluding carboxylic acids is 1. The number of hydrogen-bond donors (Lipinski definition) is 0. The lowest BCUT2D eigenvalue weighted by Crippen LogP contribution is -2.30. The van der Waals surface area contributed by atoms with E-state index in [1.54, 1.807) is 7.11 Å². The summed E-state index contributed by atoms with van der Waals surface area (Å²) < 4.78 is 12.4. The second-order valence-corrected chi connectivity index (χ2v) is 6.86. The van der Waals surface area contributed by atoms with E-state index >= 15 is 0 Å². The average Bonchev–Trinajstić information content (AvgIpc) is 3.43. The second-order valence-electron chi connectivity index (χ2n) is 6.86. The van der Waals surface area contributed by atoms with Crippen molar-refractivity contribution in [3.8, 4) is 17.2 Å². The van der Waals surface area contributed by atoms with Gasteiger partial charge in [0.1, 0.15) is 11.4 Å². The van der Waals surface area contributed by atoms with Crippen LogP contribution >= 0.6 is 0 Å². The van der Waals surface area contributed by atoms with Crippen LogP contribution < -0.4 is 4.74 Å². The normalized spacial score (nSPS) is 16.7. The average molecular weight is 366 g/mol. The van der Waals surface area contributed by atoms with Crippen LogP contribution in [0.2, 0.25) is 0 Å². The highest BCUT2D eigenvalue weighted by Crippen LogP contribution is 2.24. The molecule has 1 aromatic carbocycles. The summed E-state index contributed by atoms with van der Waals surface area (Å²) in [7, 11) is 3.52. The first-order valence-electron chi connectivity index (χ1n) is 9.01. The zero-order valence-corrected chi connectivity index (χ0v) is 15.5. The molecule has 7 heteroatoms. The van der Waals surface area contributed by atoms with Crippen LogP contribution in [0.25, 0.3) is 11.5 Å². The molecule has 1 saturated heterocycles. The van der Waals surface area contributed by atoms with Gasteiger partial charge in [-0.15, -0.1) is 0 Å². The van der Waals surface area contributed by atoms with Crippen LogP contribution in [0.1, 0.15) is 22.7 Å². The van der Waals surface area contributed by atoms with Gasteiger partial charge in [-0.3, -0.25) is 4.79 Å². The van der Waals surface area contributed by atoms with Crippen molar-refractivity contribution in [2.75, 3.05) is 20.2 Å². The van der Waals surface area contributed by atoms with Crippen LogP contribution in [0.3, 0.4) is 0 Å². The molecule has 0 aliphatic carbocycles. The third-order valence-corrected chi connectivity index (χ3v) is 5.01. The van der Waals surface area contributed by atoms with Gasteiger partial charge in [-0.25, -0.2) is 0 Å². The minimum atomic E-state index is 0.0806. The van der Waals surface area contributed by atoms with Crippen LogP contribution in [0.15, 0.2) is 47.1 Å². The zero-order chi connectivity index (χ0) is 18.8. The molecule has 0 spiro atoms. The second kappa shape index (κ2) is 7.26. The molecular formula is C20H22N4O3. The topological polar surface area (TPSA) is 73.4 Å². The van der Waals surface area contributed by atoms with Crippen molar-refractivity contribution in [2.45, 2.75) is 12.8 Å². The summed E-state index contributed by atoms with van der Waals surface area (Å²) in [6.07, 6.45) is 3.54. The largest absolute Gasteiger partial charge is 0.497 e. The number of ether oxygens (including phenoxy) is 1. The lowest BCUT2D eigenvalue weighted by Gasteiger charge is -2.16. The van der Waals surface area contributed by atoms with Crippen molar-refractivity contribution in [3.05, 3.63) is 54.1 Å². The Bertz CT molecular complexity index is 929. The third kappa shape index (κ3) is 3.58. The van der Waals surface area contributed by atoms with Gasteiger partial charge in [0.15, 0.2) is 5.82 Å². The Morgan fingerprint density at radius 3 is 2.81 bits per heavy atom. The number of aryl methyl sites for hydroxylation is 1. The van der Waals surface area contributed by atoms with Gasteiger partial charge in [0.2, 0.25) is 0 Å². The Morgan fingerprint density at radius 2 is 2.11 bits per heavy atom. The molecule has 1 atom stereocenters. The minimum absolute atomic E-state index is 0.0806. The maximum Gasteiger partial charge on any atom is 0.270 e. The summed E-state index contributed by atoms with van der Waals surface area (Å²) >= 11 is 0. The van der Waals surface area contributed by atoms with Crippen LogP contribution in [0.4, 0.5) is 0 Å². The molecule has 2 aromatic heterocycles. The maximum atomic E-state index is 12.6. The van der Waals surface area contributed by atoms with E-state index in [9.17, 15) is 4.79 Å². The molecule has 1 fully saturated rings. The summed E-state index contributed by atoms with van der Waals surface area (Å²) in [6, 6.07) is 11.3. The molecule has 27 heavy (non-hydrogen) atoms. The molecule has 4 rings (SSSR count). The monoisotopic (exact) mass is 366 g/mol. The van der Waals surface area contributed by atoms with E-state index < -0.39 is 0 Å². The number of methoxy groups -OCH3 is 1. The fraction of sp³-hybridized carbons (Fsp3) is 0.350. The molecule has 0 bridgehead atoms. The van der Waals surface area contributed by atoms with Crippen LogP contribution in [-0.2, 0) is 13.5 Å². The van der Waals surface area contributed by atoms with E-state index in [1.165, 1.54) is 0 Å². The summed E-state index contributed by atoms with van der Waals surface area (Å²) in [6.45, 7) is 1.48. The highest BCUT2D eigenvalue weighted by molar-refractivity contribution is 5.92. The summed E-state index contributed by atoms with van der Waals surface area (Å²) in [5.74, 6) is 2.39. The first kappa shape index (κ1) is 17.3. The van der Waals surface area contributed by atoms with Crippen molar-refractivity contribution < 1.29 is 14.1 Å². The molecular weight excluding hydrogens is 344 g/mol. The van der Waals surface area contributed by atoms with Crippen LogP contribution in [0.5, 0.6) is 5.75 Å². The number of hydrogen-bond acceptors (Lipinski definition) is 5. The SMILES string of the molecule is COc1ccc(-c2nc(CC3CCN(C(=O)c4cccn4C)C3)no2)cc1. The van der Waals surface area contributed by atoms with E-state index in [-0.39, 0.29) is 5.91 Å². The Morgan fingerprint density at radius 1 is 1.30 bits per heavy atom. The van der Waals surface area contributed by atoms with Gasteiger partial charge in [-0.05, 0) is 48.7 Å². The number of amides is 1. The smallest absolute Gasteiger partial charge is 0.270 e. The molecule has 3 heterocycles. The Hall–Kier alpha value is -3.09. The van der Waals surface area contributed by atoms with Gasteiger partial charge in [0.05, 0.1) is 7.11 Å². The molecule has 1 amide bonds. The Labute approximate surface area is 157 Å². The van der Waals surface area contributed by atoms with E-state index in [0.717, 1.165) is 36.5 Å². The van der Waals surface area contributed by atoms with Gasteiger partial charge in [0.25, 0.3) is 11.8 Å². The van der Waals surface area contributed by atoms with Gasteiger partial charge < -0.3 is 18.7 Å². The summed E-state index contributed by atoms with van der Waals surface area (Å²) in [5.41, 5.74) is 1.58. The third-order valence-electron chi connectivity index (χ3n) is 5.01. The highest BCUT2D eigenvalue weighted by atomic mass is 16.5. The fourth-order valence-corrected chi connectivity index (χ4v) is 3.47. The molecule has 0 N–H and O–H groups in total. The van der Waals surface area contributed by atoms with Gasteiger partial charge >= 0.3 is 0 Å². The van der Waals surface area contributed by atoms with Crippen molar-refractivity contribution >= 4 is 5.91 Å². The van der Waals surface area contributed by atoms with Crippen molar-refractivity contribution in [1.29, 1.82) is 0 Å². The Balaban J connectivity index is 1.38. The number of likely N-dealkylation sites (tertiary alicyclic amines) is 1. The fourth-order valence-electron chi connectivity index (χ4n) is 3.47. The van der Waals surface area contributed by atoms with Crippen LogP contribution in [-0.4, -0.2) is 45.7 Å². The predicted molar refractivity (Wildman–Crippen MR) is 99.4 cm³/mol. The number of aromatic nitrogens is 3. The van der Waals surface area contributed by atoms with Crippen molar-refractivity contribution in [2.24, 2.45) is 13.0 Å². The van der Waals surface area contributed by atoms with E-state index in [2.05, 4.69) is 10.1 Å². The minimum Gasteiger partial charge on any atom is -0.497 e.